The normalized spacial score (nSPS) is 18.1. The Hall–Kier alpha value is -2.45. The largest absolute Gasteiger partial charge is 0.496 e. The fourth-order valence-corrected chi connectivity index (χ4v) is 5.02. The van der Waals surface area contributed by atoms with E-state index < -0.39 is 5.51 Å². The molecule has 3 aromatic rings. The van der Waals surface area contributed by atoms with E-state index in [1.54, 1.807) is 31.4 Å². The Morgan fingerprint density at radius 3 is 2.55 bits per heavy atom. The lowest BCUT2D eigenvalue weighted by Gasteiger charge is -2.23. The van der Waals surface area contributed by atoms with Crippen LogP contribution in [0.4, 0.5) is 18.9 Å². The van der Waals surface area contributed by atoms with Gasteiger partial charge in [-0.2, -0.15) is 13.2 Å². The summed E-state index contributed by atoms with van der Waals surface area (Å²) in [6, 6.07) is 14.6. The van der Waals surface area contributed by atoms with Crippen LogP contribution in [0.15, 0.2) is 59.6 Å². The van der Waals surface area contributed by atoms with E-state index in [9.17, 15) is 13.2 Å². The lowest BCUT2D eigenvalue weighted by molar-refractivity contribution is -0.0328. The molecule has 1 aliphatic heterocycles. The first kappa shape index (κ1) is 20.5. The topological polar surface area (TPSA) is 28.6 Å². The lowest BCUT2D eigenvalue weighted by Crippen LogP contribution is -2.32. The predicted octanol–water partition coefficient (Wildman–Crippen LogP) is 5.67. The quantitative estimate of drug-likeness (QED) is 0.472. The van der Waals surface area contributed by atoms with E-state index in [4.69, 9.17) is 4.74 Å². The average Bonchev–Trinajstić information content (AvgIpc) is 3.43. The zero-order chi connectivity index (χ0) is 21.6. The molecule has 1 aromatic heterocycles. The number of fused-ring (bicyclic) bond motifs is 1. The molecular weight excluding hydrogens is 423 g/mol. The summed E-state index contributed by atoms with van der Waals surface area (Å²) in [7, 11) is 1.67. The monoisotopic (exact) mass is 445 g/mol. The summed E-state index contributed by atoms with van der Waals surface area (Å²) >= 11 is -0.0757. The van der Waals surface area contributed by atoms with Crippen molar-refractivity contribution in [2.75, 3.05) is 25.2 Å². The molecule has 2 aliphatic rings. The van der Waals surface area contributed by atoms with Crippen LogP contribution in [0.1, 0.15) is 18.4 Å². The third-order valence-corrected chi connectivity index (χ3v) is 6.90. The van der Waals surface area contributed by atoms with Gasteiger partial charge in [0, 0.05) is 40.8 Å². The fraction of sp³-hybridized carbons (Fsp3) is 0.348. The highest BCUT2D eigenvalue weighted by molar-refractivity contribution is 8.00. The molecule has 5 rings (SSSR count). The van der Waals surface area contributed by atoms with E-state index in [2.05, 4.69) is 14.8 Å². The number of alkyl halides is 3. The number of anilines is 1. The van der Waals surface area contributed by atoms with Crippen molar-refractivity contribution in [2.24, 2.45) is 0 Å². The van der Waals surface area contributed by atoms with Gasteiger partial charge in [-0.15, -0.1) is 0 Å². The van der Waals surface area contributed by atoms with Gasteiger partial charge in [0.1, 0.15) is 5.75 Å². The number of pyridine rings is 1. The number of hydrogen-bond acceptors (Lipinski definition) is 5. The van der Waals surface area contributed by atoms with E-state index in [0.717, 1.165) is 54.9 Å². The number of hydrogen-bond donors (Lipinski definition) is 0. The highest BCUT2D eigenvalue weighted by Gasteiger charge is 2.53. The van der Waals surface area contributed by atoms with E-state index in [-0.39, 0.29) is 22.2 Å². The van der Waals surface area contributed by atoms with Crippen LogP contribution < -0.4 is 9.64 Å². The molecule has 162 valence electrons. The van der Waals surface area contributed by atoms with Gasteiger partial charge in [-0.25, -0.2) is 0 Å². The van der Waals surface area contributed by atoms with Crippen LogP contribution >= 0.6 is 11.8 Å². The average molecular weight is 446 g/mol. The van der Waals surface area contributed by atoms with Gasteiger partial charge in [0.05, 0.1) is 19.3 Å². The zero-order valence-corrected chi connectivity index (χ0v) is 17.8. The molecule has 1 aliphatic carbocycles. The first-order chi connectivity index (χ1) is 14.9. The molecule has 0 N–H and O–H groups in total. The van der Waals surface area contributed by atoms with Crippen molar-refractivity contribution < 1.29 is 17.9 Å². The molecule has 0 bridgehead atoms. The molecule has 0 unspecified atom stereocenters. The second-order valence-electron chi connectivity index (χ2n) is 8.13. The summed E-state index contributed by atoms with van der Waals surface area (Å²) in [5.41, 5.74) is -1.09. The van der Waals surface area contributed by atoms with Gasteiger partial charge >= 0.3 is 5.51 Å². The Morgan fingerprint density at radius 1 is 1.10 bits per heavy atom. The van der Waals surface area contributed by atoms with Gasteiger partial charge in [0.25, 0.3) is 0 Å². The van der Waals surface area contributed by atoms with Crippen LogP contribution in [0.25, 0.3) is 10.9 Å². The minimum Gasteiger partial charge on any atom is -0.496 e. The maximum absolute atomic E-state index is 12.6. The highest BCUT2D eigenvalue weighted by Crippen LogP contribution is 2.48. The number of benzene rings is 2. The minimum absolute atomic E-state index is 0.0757. The lowest BCUT2D eigenvalue weighted by atomic mass is 10.1. The highest BCUT2D eigenvalue weighted by atomic mass is 32.2. The van der Waals surface area contributed by atoms with Gasteiger partial charge in [0.2, 0.25) is 0 Å². The Labute approximate surface area is 183 Å². The van der Waals surface area contributed by atoms with Crippen LogP contribution in [0.5, 0.6) is 5.75 Å². The molecule has 0 radical (unpaired) electrons. The Balaban J connectivity index is 1.37. The number of thioether (sulfide) groups is 1. The molecule has 2 heterocycles. The summed E-state index contributed by atoms with van der Waals surface area (Å²) in [4.78, 5) is 9.43. The van der Waals surface area contributed by atoms with Crippen molar-refractivity contribution in [1.82, 2.24) is 9.88 Å². The van der Waals surface area contributed by atoms with Crippen molar-refractivity contribution in [3.05, 3.63) is 60.3 Å². The predicted molar refractivity (Wildman–Crippen MR) is 116 cm³/mol. The van der Waals surface area contributed by atoms with Crippen molar-refractivity contribution in [3.8, 4) is 5.75 Å². The Bertz CT molecular complexity index is 1090. The maximum Gasteiger partial charge on any atom is 0.446 e. The summed E-state index contributed by atoms with van der Waals surface area (Å²) < 4.78 is 43.4. The van der Waals surface area contributed by atoms with Crippen LogP contribution in [-0.2, 0) is 6.54 Å². The summed E-state index contributed by atoms with van der Waals surface area (Å²) in [5, 5.41) is 1.04. The van der Waals surface area contributed by atoms with E-state index in [0.29, 0.717) is 0 Å². The smallest absolute Gasteiger partial charge is 0.446 e. The second-order valence-corrected chi connectivity index (χ2v) is 9.27. The van der Waals surface area contributed by atoms with Crippen molar-refractivity contribution in [3.63, 3.8) is 0 Å². The zero-order valence-electron chi connectivity index (χ0n) is 17.0. The van der Waals surface area contributed by atoms with Crippen molar-refractivity contribution in [2.45, 2.75) is 35.3 Å². The van der Waals surface area contributed by atoms with E-state index in [1.807, 2.05) is 30.5 Å². The maximum atomic E-state index is 12.6. The van der Waals surface area contributed by atoms with Gasteiger partial charge in [-0.3, -0.25) is 9.88 Å². The van der Waals surface area contributed by atoms with Crippen LogP contribution in [0, 0.1) is 0 Å². The second kappa shape index (κ2) is 7.60. The molecule has 1 saturated heterocycles. The third-order valence-electron chi connectivity index (χ3n) is 6.16. The number of nitrogens with zero attached hydrogens (tertiary/aromatic N) is 3. The van der Waals surface area contributed by atoms with E-state index >= 15 is 0 Å². The molecule has 4 nitrogen and oxygen atoms in total. The van der Waals surface area contributed by atoms with Gasteiger partial charge in [-0.1, -0.05) is 6.07 Å². The molecule has 0 amide bonds. The molecule has 2 aromatic carbocycles. The molecule has 8 heteroatoms. The van der Waals surface area contributed by atoms with Gasteiger partial charge in [-0.05, 0) is 72.6 Å². The first-order valence-corrected chi connectivity index (χ1v) is 10.9. The van der Waals surface area contributed by atoms with E-state index in [1.165, 1.54) is 5.56 Å². The summed E-state index contributed by atoms with van der Waals surface area (Å²) in [6.07, 6.45) is 4.10. The molecule has 1 saturated carbocycles. The van der Waals surface area contributed by atoms with Gasteiger partial charge in [0.15, 0.2) is 0 Å². The van der Waals surface area contributed by atoms with Crippen LogP contribution in [-0.4, -0.2) is 41.3 Å². The summed E-state index contributed by atoms with van der Waals surface area (Å²) in [6.45, 7) is 2.40. The standard InChI is InChI=1S/C23H22F3N3OS/c1-30-20-4-2-3-19-21(20)16(9-12-27-19)13-29-15-28(14-22(29)10-11-22)17-5-7-18(8-6-17)31-23(24,25)26/h2-9,12H,10-11,13-15H2,1H3. The van der Waals surface area contributed by atoms with Crippen molar-refractivity contribution in [1.29, 1.82) is 0 Å². The molecule has 2 fully saturated rings. The van der Waals surface area contributed by atoms with Gasteiger partial charge < -0.3 is 9.64 Å². The number of aromatic nitrogens is 1. The first-order valence-electron chi connectivity index (χ1n) is 10.1. The molecular formula is C23H22F3N3OS. The van der Waals surface area contributed by atoms with Crippen molar-refractivity contribution >= 4 is 28.4 Å². The summed E-state index contributed by atoms with van der Waals surface area (Å²) in [5.74, 6) is 0.819. The minimum atomic E-state index is -4.27. The number of ether oxygens (including phenoxy) is 1. The van der Waals surface area contributed by atoms with Crippen LogP contribution in [0.3, 0.4) is 0 Å². The number of rotatable bonds is 5. The Morgan fingerprint density at radius 2 is 1.87 bits per heavy atom. The molecule has 0 atom stereocenters. The Kier molecular flexibility index (Phi) is 5.01. The van der Waals surface area contributed by atoms with Crippen LogP contribution in [0.2, 0.25) is 0 Å². The number of methoxy groups -OCH3 is 1. The fourth-order valence-electron chi connectivity index (χ4n) is 4.48. The molecule has 1 spiro atoms. The number of halogens is 3. The molecule has 31 heavy (non-hydrogen) atoms. The SMILES string of the molecule is COc1cccc2nccc(CN3CN(c4ccc(SC(F)(F)F)cc4)CC34CC4)c12. The third kappa shape index (κ3) is 4.06.